The van der Waals surface area contributed by atoms with E-state index in [4.69, 9.17) is 10.00 Å². The van der Waals surface area contributed by atoms with E-state index >= 15 is 0 Å². The number of anilines is 1. The van der Waals surface area contributed by atoms with Crippen LogP contribution >= 0.6 is 0 Å². The number of hydrogen-bond donors (Lipinski definition) is 1. The van der Waals surface area contributed by atoms with E-state index in [1.54, 1.807) is 11.8 Å². The normalized spacial score (nSPS) is 15.2. The van der Waals surface area contributed by atoms with E-state index in [2.05, 4.69) is 20.2 Å². The van der Waals surface area contributed by atoms with Gasteiger partial charge in [-0.25, -0.2) is 15.1 Å². The molecule has 0 spiro atoms. The first-order valence-electron chi connectivity index (χ1n) is 11.0. The molecule has 1 amide bonds. The lowest BCUT2D eigenvalue weighted by Crippen LogP contribution is -2.49. The van der Waals surface area contributed by atoms with E-state index < -0.39 is 28.9 Å². The van der Waals surface area contributed by atoms with Crippen molar-refractivity contribution < 1.29 is 22.7 Å². The average Bonchev–Trinajstić information content (AvgIpc) is 3.28. The second-order valence-corrected chi connectivity index (χ2v) is 8.18. The summed E-state index contributed by atoms with van der Waals surface area (Å²) in [7, 11) is 0. The van der Waals surface area contributed by atoms with Gasteiger partial charge in [0.05, 0.1) is 55.3 Å². The molecule has 1 N–H and O–H groups in total. The van der Waals surface area contributed by atoms with Crippen molar-refractivity contribution in [3.8, 4) is 6.07 Å². The maximum absolute atomic E-state index is 13.4. The van der Waals surface area contributed by atoms with Crippen LogP contribution < -0.4 is 10.5 Å². The molecular formula is C21H22F3N9O3. The minimum atomic E-state index is -4.80. The lowest BCUT2D eigenvalue weighted by atomic mass is 10.2. The van der Waals surface area contributed by atoms with Crippen molar-refractivity contribution in [3.63, 3.8) is 0 Å². The Morgan fingerprint density at radius 2 is 1.92 bits per heavy atom. The van der Waals surface area contributed by atoms with E-state index in [0.29, 0.717) is 37.7 Å². The van der Waals surface area contributed by atoms with Crippen LogP contribution in [0.1, 0.15) is 30.6 Å². The van der Waals surface area contributed by atoms with Crippen molar-refractivity contribution >= 4 is 22.8 Å². The van der Waals surface area contributed by atoms with Gasteiger partial charge in [-0.05, 0) is 6.92 Å². The van der Waals surface area contributed by atoms with E-state index in [1.165, 1.54) is 12.4 Å². The van der Waals surface area contributed by atoms with Gasteiger partial charge in [0.2, 0.25) is 11.9 Å². The number of piperazine rings is 1. The maximum atomic E-state index is 13.4. The molecule has 4 heterocycles. The summed E-state index contributed by atoms with van der Waals surface area (Å²) >= 11 is 0. The molecule has 1 aliphatic rings. The summed E-state index contributed by atoms with van der Waals surface area (Å²) in [5, 5.41) is 17.4. The number of nitrogens with zero attached hydrogens (tertiary/aromatic N) is 8. The first-order chi connectivity index (χ1) is 17.2. The van der Waals surface area contributed by atoms with E-state index in [9.17, 15) is 22.8 Å². The van der Waals surface area contributed by atoms with E-state index in [0.717, 1.165) is 10.9 Å². The number of carbonyl (C=O) groups is 1. The zero-order chi connectivity index (χ0) is 25.9. The van der Waals surface area contributed by atoms with Crippen LogP contribution in [-0.4, -0.2) is 80.1 Å². The van der Waals surface area contributed by atoms with Crippen molar-refractivity contribution in [3.05, 3.63) is 40.2 Å². The number of nitriles is 1. The summed E-state index contributed by atoms with van der Waals surface area (Å²) in [6.45, 7) is 3.68. The molecule has 1 saturated heterocycles. The lowest BCUT2D eigenvalue weighted by Gasteiger charge is -2.34. The Labute approximate surface area is 202 Å². The third-order valence-corrected chi connectivity index (χ3v) is 5.72. The Morgan fingerprint density at radius 1 is 1.22 bits per heavy atom. The lowest BCUT2D eigenvalue weighted by molar-refractivity contribution is -0.140. The summed E-state index contributed by atoms with van der Waals surface area (Å²) in [4.78, 5) is 36.4. The number of rotatable bonds is 7. The quantitative estimate of drug-likeness (QED) is 0.467. The Balaban J connectivity index is 1.27. The van der Waals surface area contributed by atoms with Crippen molar-refractivity contribution in [2.24, 2.45) is 0 Å². The highest BCUT2D eigenvalue weighted by molar-refractivity contribution is 5.80. The van der Waals surface area contributed by atoms with Gasteiger partial charge >= 0.3 is 6.18 Å². The van der Waals surface area contributed by atoms with Crippen molar-refractivity contribution in [2.45, 2.75) is 25.6 Å². The number of alkyl halides is 3. The van der Waals surface area contributed by atoms with Gasteiger partial charge in [0.15, 0.2) is 5.69 Å². The molecule has 0 aliphatic carbocycles. The summed E-state index contributed by atoms with van der Waals surface area (Å²) in [5.74, 6) is 0.387. The number of H-pyrrole nitrogens is 1. The van der Waals surface area contributed by atoms with Gasteiger partial charge < -0.3 is 14.5 Å². The third kappa shape index (κ3) is 5.28. The number of hydrogen-bond acceptors (Lipinski definition) is 9. The fourth-order valence-corrected chi connectivity index (χ4v) is 3.88. The van der Waals surface area contributed by atoms with Crippen LogP contribution in [0.25, 0.3) is 10.9 Å². The largest absolute Gasteiger partial charge is 0.435 e. The first kappa shape index (κ1) is 25.0. The zero-order valence-electron chi connectivity index (χ0n) is 19.2. The predicted octanol–water partition coefficient (Wildman–Crippen LogP) is 1.12. The summed E-state index contributed by atoms with van der Waals surface area (Å²) < 4.78 is 46.7. The number of halogens is 3. The molecule has 0 bridgehead atoms. The Kier molecular flexibility index (Phi) is 7.15. The van der Waals surface area contributed by atoms with Crippen LogP contribution in [0.3, 0.4) is 0 Å². The molecule has 1 fully saturated rings. The standard InChI is InChI=1S/C21H22F3N9O3/c1-13(33-15-11-28-29-19(35)17(15)18(30-33)21(22,23)24)12-36-7-2-16(34)31-3-5-32(6-4-31)20-26-9-14(8-25)10-27-20/h9-11,13H,2-7,12H2,1H3,(H,29,35). The second-order valence-electron chi connectivity index (χ2n) is 8.18. The van der Waals surface area contributed by atoms with Crippen molar-refractivity contribution in [2.75, 3.05) is 44.3 Å². The summed E-state index contributed by atoms with van der Waals surface area (Å²) in [5.41, 5.74) is -1.94. The van der Waals surface area contributed by atoms with Crippen LogP contribution in [0.5, 0.6) is 0 Å². The van der Waals surface area contributed by atoms with Gasteiger partial charge in [0.1, 0.15) is 11.5 Å². The number of nitrogens with one attached hydrogen (secondary N) is 1. The fourth-order valence-electron chi connectivity index (χ4n) is 3.88. The predicted molar refractivity (Wildman–Crippen MR) is 119 cm³/mol. The molecule has 1 atom stereocenters. The highest BCUT2D eigenvalue weighted by Crippen LogP contribution is 2.33. The summed E-state index contributed by atoms with van der Waals surface area (Å²) in [6.07, 6.45) is -0.691. The van der Waals surface area contributed by atoms with Crippen LogP contribution in [0.4, 0.5) is 19.1 Å². The number of amides is 1. The van der Waals surface area contributed by atoms with E-state index in [1.807, 2.05) is 16.1 Å². The minimum absolute atomic E-state index is 0.0159. The number of carbonyl (C=O) groups excluding carboxylic acids is 1. The van der Waals surface area contributed by atoms with Gasteiger partial charge in [-0.2, -0.15) is 28.6 Å². The Hall–Kier alpha value is -4.06. The van der Waals surface area contributed by atoms with Crippen LogP contribution in [0, 0.1) is 11.3 Å². The highest BCUT2D eigenvalue weighted by atomic mass is 19.4. The molecule has 3 aromatic rings. The van der Waals surface area contributed by atoms with Crippen LogP contribution in [-0.2, 0) is 15.7 Å². The van der Waals surface area contributed by atoms with Gasteiger partial charge in [-0.3, -0.25) is 14.3 Å². The van der Waals surface area contributed by atoms with E-state index in [-0.39, 0.29) is 31.1 Å². The number of aromatic nitrogens is 6. The topological polar surface area (TPSA) is 146 Å². The molecule has 0 radical (unpaired) electrons. The number of fused-ring (bicyclic) bond motifs is 1. The molecule has 190 valence electrons. The Bertz CT molecular complexity index is 1320. The smallest absolute Gasteiger partial charge is 0.379 e. The van der Waals surface area contributed by atoms with Gasteiger partial charge in [-0.1, -0.05) is 0 Å². The molecular weight excluding hydrogens is 483 g/mol. The Morgan fingerprint density at radius 3 is 2.56 bits per heavy atom. The maximum Gasteiger partial charge on any atom is 0.435 e. The molecule has 4 rings (SSSR count). The number of ether oxygens (including phenoxy) is 1. The highest BCUT2D eigenvalue weighted by Gasteiger charge is 2.38. The van der Waals surface area contributed by atoms with Crippen molar-refractivity contribution in [1.82, 2.24) is 34.8 Å². The van der Waals surface area contributed by atoms with Gasteiger partial charge in [0, 0.05) is 26.2 Å². The molecule has 15 heteroatoms. The van der Waals surface area contributed by atoms with Gasteiger partial charge in [0.25, 0.3) is 5.56 Å². The molecule has 1 unspecified atom stereocenters. The molecule has 3 aromatic heterocycles. The van der Waals surface area contributed by atoms with Crippen LogP contribution in [0.15, 0.2) is 23.4 Å². The zero-order valence-corrected chi connectivity index (χ0v) is 19.2. The first-order valence-corrected chi connectivity index (χ1v) is 11.0. The molecule has 1 aliphatic heterocycles. The second kappa shape index (κ2) is 10.3. The monoisotopic (exact) mass is 505 g/mol. The molecule has 0 aromatic carbocycles. The minimum Gasteiger partial charge on any atom is -0.379 e. The van der Waals surface area contributed by atoms with Crippen molar-refractivity contribution in [1.29, 1.82) is 5.26 Å². The third-order valence-electron chi connectivity index (χ3n) is 5.72. The summed E-state index contributed by atoms with van der Waals surface area (Å²) in [6, 6.07) is 1.32. The average molecular weight is 505 g/mol. The molecule has 36 heavy (non-hydrogen) atoms. The van der Waals surface area contributed by atoms with Gasteiger partial charge in [-0.15, -0.1) is 0 Å². The molecule has 12 nitrogen and oxygen atoms in total. The van der Waals surface area contributed by atoms with Crippen LogP contribution in [0.2, 0.25) is 0 Å². The molecule has 0 saturated carbocycles. The fraction of sp³-hybridized carbons (Fsp3) is 0.476. The number of aromatic amines is 1. The SMILES string of the molecule is CC(COCCC(=O)N1CCN(c2ncc(C#N)cn2)CC1)n1nc(C(F)(F)F)c2c(=O)[nH]ncc21.